The van der Waals surface area contributed by atoms with Gasteiger partial charge in [-0.1, -0.05) is 54.6 Å². The zero-order valence-electron chi connectivity index (χ0n) is 28.7. The van der Waals surface area contributed by atoms with E-state index in [1.807, 2.05) is 60.3 Å². The third-order valence-corrected chi connectivity index (χ3v) is 9.56. The maximum atomic E-state index is 11.1. The summed E-state index contributed by atoms with van der Waals surface area (Å²) in [5.41, 5.74) is 10.6. The number of halogens is 2. The van der Waals surface area contributed by atoms with Crippen molar-refractivity contribution >= 4 is 48.5 Å². The molecule has 2 aliphatic heterocycles. The summed E-state index contributed by atoms with van der Waals surface area (Å²) >= 11 is 1.84. The number of thioether (sulfide) groups is 1. The first-order valence-electron chi connectivity index (χ1n) is 16.3. The number of benzene rings is 4. The topological polar surface area (TPSA) is 112 Å². The van der Waals surface area contributed by atoms with E-state index in [1.165, 1.54) is 27.0 Å². The molecule has 0 radical (unpaired) electrons. The molecule has 0 aromatic heterocycles. The fourth-order valence-electron chi connectivity index (χ4n) is 5.93. The predicted molar refractivity (Wildman–Crippen MR) is 210 cm³/mol. The molecule has 1 fully saturated rings. The van der Waals surface area contributed by atoms with Crippen molar-refractivity contribution in [3.05, 3.63) is 125 Å². The summed E-state index contributed by atoms with van der Waals surface area (Å²) in [6.07, 6.45) is 4.18. The summed E-state index contributed by atoms with van der Waals surface area (Å²) in [7, 11) is 4.16. The molecule has 0 amide bonds. The zero-order chi connectivity index (χ0) is 34.1. The van der Waals surface area contributed by atoms with Crippen LogP contribution in [-0.2, 0) is 13.0 Å². The monoisotopic (exact) mass is 741 g/mol. The Labute approximate surface area is 312 Å². The number of anilines is 1. The van der Waals surface area contributed by atoms with Gasteiger partial charge < -0.3 is 25.5 Å². The molecule has 4 aromatic rings. The average Bonchev–Trinajstić information content (AvgIpc) is 3.12. The molecular weight excluding hydrogens is 693 g/mol. The van der Waals surface area contributed by atoms with Crippen LogP contribution in [0.15, 0.2) is 113 Å². The first-order chi connectivity index (χ1) is 23.4. The van der Waals surface area contributed by atoms with Crippen LogP contribution < -0.4 is 15.4 Å². The SMILES string of the molecule is CN(C)CC[C@@H](N)CSc1ccccc1.Cl.Cl.O=Cc1ccc2c(c1)CCC1CN(Cc3ccccc3Oc3ccccc3)CCN21.O=NO. The molecule has 1 unspecified atom stereocenters. The van der Waals surface area contributed by atoms with Crippen LogP contribution in [0.25, 0.3) is 0 Å². The fraction of sp³-hybridized carbons (Fsp3) is 0.342. The Morgan fingerprint density at radius 3 is 2.32 bits per heavy atom. The number of piperazine rings is 1. The van der Waals surface area contributed by atoms with E-state index in [0.717, 1.165) is 81.1 Å². The quantitative estimate of drug-likeness (QED) is 0.0684. The van der Waals surface area contributed by atoms with Gasteiger partial charge in [0.15, 0.2) is 5.34 Å². The van der Waals surface area contributed by atoms with E-state index in [2.05, 4.69) is 83.4 Å². The molecular formula is C38H49Cl2N5O4S. The van der Waals surface area contributed by atoms with E-state index in [9.17, 15) is 4.79 Å². The largest absolute Gasteiger partial charge is 0.457 e. The van der Waals surface area contributed by atoms with Gasteiger partial charge in [0.05, 0.1) is 0 Å². The summed E-state index contributed by atoms with van der Waals surface area (Å²) < 4.78 is 6.16. The van der Waals surface area contributed by atoms with Crippen molar-refractivity contribution in [1.82, 2.24) is 9.80 Å². The van der Waals surface area contributed by atoms with E-state index in [1.54, 1.807) is 0 Å². The lowest BCUT2D eigenvalue weighted by Gasteiger charge is -2.46. The molecule has 0 saturated carbocycles. The number of aryl methyl sites for hydroxylation is 1. The molecule has 0 spiro atoms. The lowest BCUT2D eigenvalue weighted by Crippen LogP contribution is -2.54. The second kappa shape index (κ2) is 23.0. The molecule has 0 aliphatic carbocycles. The number of nitrogens with two attached hydrogens (primary N) is 1. The minimum absolute atomic E-state index is 0. The van der Waals surface area contributed by atoms with Gasteiger partial charge in [-0.05, 0) is 94.0 Å². The van der Waals surface area contributed by atoms with Crippen LogP contribution in [0.2, 0.25) is 0 Å². The molecule has 9 nitrogen and oxygen atoms in total. The molecule has 12 heteroatoms. The van der Waals surface area contributed by atoms with Crippen molar-refractivity contribution in [1.29, 1.82) is 0 Å². The second-order valence-electron chi connectivity index (χ2n) is 12.2. The van der Waals surface area contributed by atoms with E-state index in [4.69, 9.17) is 20.6 Å². The zero-order valence-corrected chi connectivity index (χ0v) is 31.1. The number of hydrogen-bond acceptors (Lipinski definition) is 9. The third kappa shape index (κ3) is 13.6. The summed E-state index contributed by atoms with van der Waals surface area (Å²) in [5.74, 6) is 2.80. The Morgan fingerprint density at radius 2 is 1.64 bits per heavy atom. The third-order valence-electron chi connectivity index (χ3n) is 8.35. The number of hydrogen-bond donors (Lipinski definition) is 2. The molecule has 270 valence electrons. The van der Waals surface area contributed by atoms with E-state index in [-0.39, 0.29) is 30.9 Å². The molecule has 0 bridgehead atoms. The lowest BCUT2D eigenvalue weighted by atomic mass is 9.92. The summed E-state index contributed by atoms with van der Waals surface area (Å²) in [5, 5.41) is 7.89. The molecule has 6 rings (SSSR count). The molecule has 4 aromatic carbocycles. The van der Waals surface area contributed by atoms with Crippen LogP contribution in [0.4, 0.5) is 5.69 Å². The lowest BCUT2D eigenvalue weighted by molar-refractivity contribution is 0.112. The van der Waals surface area contributed by atoms with Crippen molar-refractivity contribution in [2.75, 3.05) is 50.9 Å². The number of aldehydes is 1. The number of nitrogens with zero attached hydrogens (tertiary/aromatic N) is 4. The van der Waals surface area contributed by atoms with Gasteiger partial charge in [0.1, 0.15) is 17.8 Å². The molecule has 2 aliphatic rings. The number of para-hydroxylation sites is 2. The van der Waals surface area contributed by atoms with Crippen LogP contribution in [0, 0.1) is 4.91 Å². The second-order valence-corrected chi connectivity index (χ2v) is 13.3. The Kier molecular flexibility index (Phi) is 19.5. The van der Waals surface area contributed by atoms with Crippen molar-refractivity contribution in [3.63, 3.8) is 0 Å². The fourth-order valence-corrected chi connectivity index (χ4v) is 6.85. The molecule has 3 N–H and O–H groups in total. The summed E-state index contributed by atoms with van der Waals surface area (Å²) in [6.45, 7) is 5.04. The maximum Gasteiger partial charge on any atom is 0.152 e. The number of carbonyl (C=O) groups is 1. The highest BCUT2D eigenvalue weighted by atomic mass is 35.5. The van der Waals surface area contributed by atoms with Crippen LogP contribution in [0.5, 0.6) is 11.5 Å². The molecule has 1 saturated heterocycles. The van der Waals surface area contributed by atoms with Gasteiger partial charge in [0.2, 0.25) is 0 Å². The predicted octanol–water partition coefficient (Wildman–Crippen LogP) is 7.97. The Morgan fingerprint density at radius 1 is 0.980 bits per heavy atom. The van der Waals surface area contributed by atoms with Gasteiger partial charge in [0, 0.05) is 65.7 Å². The first-order valence-corrected chi connectivity index (χ1v) is 17.3. The maximum absolute atomic E-state index is 11.1. The van der Waals surface area contributed by atoms with Crippen LogP contribution in [-0.4, -0.2) is 79.4 Å². The number of rotatable bonds is 11. The number of carbonyl (C=O) groups excluding carboxylic acids is 1. The van der Waals surface area contributed by atoms with Gasteiger partial charge in [-0.3, -0.25) is 9.69 Å². The van der Waals surface area contributed by atoms with Gasteiger partial charge in [-0.25, -0.2) is 0 Å². The van der Waals surface area contributed by atoms with Crippen molar-refractivity contribution in [3.8, 4) is 11.5 Å². The van der Waals surface area contributed by atoms with Crippen molar-refractivity contribution in [2.24, 2.45) is 11.1 Å². The van der Waals surface area contributed by atoms with Crippen molar-refractivity contribution < 1.29 is 14.7 Å². The molecule has 2 atom stereocenters. The van der Waals surface area contributed by atoms with Crippen molar-refractivity contribution in [2.45, 2.75) is 42.8 Å². The van der Waals surface area contributed by atoms with Gasteiger partial charge in [-0.2, -0.15) is 0 Å². The molecule has 50 heavy (non-hydrogen) atoms. The van der Waals surface area contributed by atoms with Gasteiger partial charge in [-0.15, -0.1) is 41.5 Å². The molecule has 2 heterocycles. The van der Waals surface area contributed by atoms with Crippen LogP contribution in [0.3, 0.4) is 0 Å². The Balaban J connectivity index is 0.000000369. The van der Waals surface area contributed by atoms with Crippen LogP contribution in [0.1, 0.15) is 34.3 Å². The number of ether oxygens (including phenoxy) is 1. The average molecular weight is 743 g/mol. The summed E-state index contributed by atoms with van der Waals surface area (Å²) in [4.78, 5) is 27.8. The first kappa shape index (κ1) is 42.5. The highest BCUT2D eigenvalue weighted by molar-refractivity contribution is 7.99. The van der Waals surface area contributed by atoms with E-state index in [0.29, 0.717) is 6.04 Å². The minimum Gasteiger partial charge on any atom is -0.457 e. The summed E-state index contributed by atoms with van der Waals surface area (Å²) in [6, 6.07) is 35.7. The normalized spacial score (nSPS) is 15.2. The smallest absolute Gasteiger partial charge is 0.152 e. The van der Waals surface area contributed by atoms with E-state index < -0.39 is 0 Å². The van der Waals surface area contributed by atoms with Gasteiger partial charge in [0.25, 0.3) is 0 Å². The van der Waals surface area contributed by atoms with Crippen LogP contribution >= 0.6 is 36.6 Å². The Bertz CT molecular complexity index is 1550. The minimum atomic E-state index is 0. The standard InChI is InChI=1S/C26H26N2O2.C12H20N2S.2ClH.HNO2/c29-19-20-10-13-25-21(16-20)11-12-23-18-27(14-15-28(23)25)17-22-6-4-5-9-26(22)30-24-7-2-1-3-8-24;1-14(2)9-8-11(13)10-15-12-6-4-3-5-7-12;;;2-1-3/h1-10,13,16,19,23H,11-12,14-15,17-18H2;3-7,11H,8-10,13H2,1-2H3;2*1H;(H,2,3)/t;11-;;;/m.1.../s1. The highest BCUT2D eigenvalue weighted by Gasteiger charge is 2.32. The van der Waals surface area contributed by atoms with E-state index >= 15 is 0 Å². The number of fused-ring (bicyclic) bond motifs is 3. The Hall–Kier alpha value is -3.64. The van der Waals surface area contributed by atoms with Gasteiger partial charge >= 0.3 is 0 Å². The highest BCUT2D eigenvalue weighted by Crippen LogP contribution is 2.34.